The molecule has 1 aromatic heterocycles. The van der Waals surface area contributed by atoms with E-state index in [-0.39, 0.29) is 12.0 Å². The SMILES string of the molecule is CCc1c(C(F)(F)F)noc1CN(CC)CC. The van der Waals surface area contributed by atoms with E-state index in [1.54, 1.807) is 6.92 Å². The van der Waals surface area contributed by atoms with Gasteiger partial charge >= 0.3 is 6.18 Å². The summed E-state index contributed by atoms with van der Waals surface area (Å²) in [5, 5.41) is 3.15. The van der Waals surface area contributed by atoms with E-state index in [1.165, 1.54) is 0 Å². The Morgan fingerprint density at radius 1 is 1.18 bits per heavy atom. The standard InChI is InChI=1S/C11H17F3N2O/c1-4-8-9(7-16(5-2)6-3)17-15-10(8)11(12,13)14/h4-7H2,1-3H3. The van der Waals surface area contributed by atoms with Gasteiger partial charge in [0, 0.05) is 5.56 Å². The highest BCUT2D eigenvalue weighted by molar-refractivity contribution is 5.25. The summed E-state index contributed by atoms with van der Waals surface area (Å²) in [6.45, 7) is 7.49. The minimum absolute atomic E-state index is 0.171. The summed E-state index contributed by atoms with van der Waals surface area (Å²) in [5.41, 5.74) is -0.716. The predicted molar refractivity (Wildman–Crippen MR) is 57.5 cm³/mol. The molecule has 3 nitrogen and oxygen atoms in total. The first kappa shape index (κ1) is 14.0. The number of rotatable bonds is 5. The number of halogens is 3. The third-order valence-corrected chi connectivity index (χ3v) is 2.75. The molecule has 1 aromatic rings. The van der Waals surface area contributed by atoms with Crippen LogP contribution in [-0.2, 0) is 19.1 Å². The summed E-state index contributed by atoms with van der Waals surface area (Å²) < 4.78 is 42.7. The molecule has 0 saturated heterocycles. The second kappa shape index (κ2) is 5.53. The fourth-order valence-corrected chi connectivity index (χ4v) is 1.71. The molecule has 17 heavy (non-hydrogen) atoms. The zero-order valence-electron chi connectivity index (χ0n) is 10.3. The molecule has 1 rings (SSSR count). The molecular weight excluding hydrogens is 233 g/mol. The largest absolute Gasteiger partial charge is 0.437 e. The first-order valence-corrected chi connectivity index (χ1v) is 5.70. The van der Waals surface area contributed by atoms with Crippen LogP contribution in [0.2, 0.25) is 0 Å². The minimum Gasteiger partial charge on any atom is -0.359 e. The lowest BCUT2D eigenvalue weighted by Gasteiger charge is -2.16. The van der Waals surface area contributed by atoms with E-state index in [2.05, 4.69) is 5.16 Å². The molecule has 0 aliphatic rings. The smallest absolute Gasteiger partial charge is 0.359 e. The topological polar surface area (TPSA) is 29.3 Å². The second-order valence-corrected chi connectivity index (χ2v) is 3.75. The third-order valence-electron chi connectivity index (χ3n) is 2.75. The Morgan fingerprint density at radius 3 is 2.18 bits per heavy atom. The average molecular weight is 250 g/mol. The van der Waals surface area contributed by atoms with Gasteiger partial charge in [-0.2, -0.15) is 13.2 Å². The zero-order valence-corrected chi connectivity index (χ0v) is 10.3. The summed E-state index contributed by atoms with van der Waals surface area (Å²) in [6.07, 6.45) is -4.16. The fraction of sp³-hybridized carbons (Fsp3) is 0.727. The Morgan fingerprint density at radius 2 is 1.76 bits per heavy atom. The zero-order chi connectivity index (χ0) is 13.1. The lowest BCUT2D eigenvalue weighted by atomic mass is 10.1. The number of hydrogen-bond donors (Lipinski definition) is 0. The molecule has 0 atom stereocenters. The maximum absolute atomic E-state index is 12.6. The Hall–Kier alpha value is -1.04. The van der Waals surface area contributed by atoms with Crippen LogP contribution >= 0.6 is 0 Å². The molecule has 0 saturated carbocycles. The summed E-state index contributed by atoms with van der Waals surface area (Å²) in [4.78, 5) is 1.99. The maximum atomic E-state index is 12.6. The normalized spacial score (nSPS) is 12.4. The van der Waals surface area contributed by atoms with Crippen molar-refractivity contribution in [3.05, 3.63) is 17.0 Å². The molecule has 0 N–H and O–H groups in total. The molecular formula is C11H17F3N2O. The molecule has 0 unspecified atom stereocenters. The van der Waals surface area contributed by atoms with Crippen LogP contribution < -0.4 is 0 Å². The van der Waals surface area contributed by atoms with Crippen LogP contribution in [-0.4, -0.2) is 23.1 Å². The molecule has 0 radical (unpaired) electrons. The van der Waals surface area contributed by atoms with Gasteiger partial charge in [0.15, 0.2) is 11.5 Å². The highest BCUT2D eigenvalue weighted by Crippen LogP contribution is 2.33. The Balaban J connectivity index is 2.98. The Kier molecular flexibility index (Phi) is 4.56. The monoisotopic (exact) mass is 250 g/mol. The summed E-state index contributed by atoms with van der Waals surface area (Å²) in [7, 11) is 0. The van der Waals surface area contributed by atoms with Gasteiger partial charge in [-0.15, -0.1) is 0 Å². The molecule has 0 aliphatic carbocycles. The van der Waals surface area contributed by atoms with Gasteiger partial charge in [-0.25, -0.2) is 0 Å². The molecule has 0 fully saturated rings. The summed E-state index contributed by atoms with van der Waals surface area (Å²) in [6, 6.07) is 0. The van der Waals surface area contributed by atoms with Crippen molar-refractivity contribution in [2.45, 2.75) is 39.9 Å². The Bertz CT molecular complexity index is 356. The van der Waals surface area contributed by atoms with Crippen molar-refractivity contribution in [3.63, 3.8) is 0 Å². The molecule has 0 bridgehead atoms. The van der Waals surface area contributed by atoms with Gasteiger partial charge < -0.3 is 4.52 Å². The number of aromatic nitrogens is 1. The van der Waals surface area contributed by atoms with E-state index in [9.17, 15) is 13.2 Å². The minimum atomic E-state index is -4.43. The number of alkyl halides is 3. The molecule has 0 spiro atoms. The highest BCUT2D eigenvalue weighted by Gasteiger charge is 2.38. The molecule has 98 valence electrons. The van der Waals surface area contributed by atoms with Gasteiger partial charge in [0.2, 0.25) is 0 Å². The number of nitrogens with zero attached hydrogens (tertiary/aromatic N) is 2. The second-order valence-electron chi connectivity index (χ2n) is 3.75. The van der Waals surface area contributed by atoms with Crippen molar-refractivity contribution in [3.8, 4) is 0 Å². The van der Waals surface area contributed by atoms with Gasteiger partial charge in [-0.05, 0) is 19.5 Å². The van der Waals surface area contributed by atoms with Crippen molar-refractivity contribution in [1.82, 2.24) is 10.1 Å². The van der Waals surface area contributed by atoms with Crippen LogP contribution in [0, 0.1) is 0 Å². The van der Waals surface area contributed by atoms with Gasteiger partial charge in [0.05, 0.1) is 6.54 Å². The van der Waals surface area contributed by atoms with Crippen molar-refractivity contribution >= 4 is 0 Å². The van der Waals surface area contributed by atoms with Crippen LogP contribution in [0.15, 0.2) is 4.52 Å². The van der Waals surface area contributed by atoms with Gasteiger partial charge in [-0.1, -0.05) is 25.9 Å². The lowest BCUT2D eigenvalue weighted by Crippen LogP contribution is -2.22. The predicted octanol–water partition coefficient (Wildman–Crippen LogP) is 3.10. The molecule has 0 aliphatic heterocycles. The van der Waals surface area contributed by atoms with Gasteiger partial charge in [0.1, 0.15) is 0 Å². The maximum Gasteiger partial charge on any atom is 0.437 e. The van der Waals surface area contributed by atoms with Gasteiger partial charge in [0.25, 0.3) is 0 Å². The van der Waals surface area contributed by atoms with E-state index in [1.807, 2.05) is 18.7 Å². The van der Waals surface area contributed by atoms with Gasteiger partial charge in [-0.3, -0.25) is 4.90 Å². The molecule has 0 amide bonds. The molecule has 0 aromatic carbocycles. The third kappa shape index (κ3) is 3.21. The summed E-state index contributed by atoms with van der Waals surface area (Å²) in [5.74, 6) is 0.323. The van der Waals surface area contributed by atoms with Crippen molar-refractivity contribution in [2.24, 2.45) is 0 Å². The van der Waals surface area contributed by atoms with Crippen molar-refractivity contribution in [2.75, 3.05) is 13.1 Å². The van der Waals surface area contributed by atoms with E-state index < -0.39 is 11.9 Å². The number of hydrogen-bond acceptors (Lipinski definition) is 3. The van der Waals surface area contributed by atoms with Crippen LogP contribution in [0.5, 0.6) is 0 Å². The van der Waals surface area contributed by atoms with Crippen molar-refractivity contribution in [1.29, 1.82) is 0 Å². The van der Waals surface area contributed by atoms with E-state index in [4.69, 9.17) is 4.52 Å². The highest BCUT2D eigenvalue weighted by atomic mass is 19.4. The van der Waals surface area contributed by atoms with Crippen LogP contribution in [0.25, 0.3) is 0 Å². The van der Waals surface area contributed by atoms with Crippen LogP contribution in [0.4, 0.5) is 13.2 Å². The Labute approximate surface area is 98.6 Å². The average Bonchev–Trinajstić information content (AvgIpc) is 2.68. The van der Waals surface area contributed by atoms with Crippen LogP contribution in [0.3, 0.4) is 0 Å². The summed E-state index contributed by atoms with van der Waals surface area (Å²) >= 11 is 0. The van der Waals surface area contributed by atoms with E-state index in [0.717, 1.165) is 13.1 Å². The fourth-order valence-electron chi connectivity index (χ4n) is 1.71. The molecule has 6 heteroatoms. The van der Waals surface area contributed by atoms with E-state index in [0.29, 0.717) is 12.3 Å². The first-order chi connectivity index (χ1) is 7.93. The lowest BCUT2D eigenvalue weighted by molar-refractivity contribution is -0.143. The van der Waals surface area contributed by atoms with E-state index >= 15 is 0 Å². The quantitative estimate of drug-likeness (QED) is 0.804. The van der Waals surface area contributed by atoms with Crippen molar-refractivity contribution < 1.29 is 17.7 Å². The first-order valence-electron chi connectivity index (χ1n) is 5.70. The molecule has 1 heterocycles. The van der Waals surface area contributed by atoms with Crippen LogP contribution in [0.1, 0.15) is 37.8 Å².